The number of hydrogen-bond donors (Lipinski definition) is 1. The Hall–Kier alpha value is -3.02. The van der Waals surface area contributed by atoms with Crippen LogP contribution in [-0.4, -0.2) is 27.0 Å². The molecule has 0 bridgehead atoms. The Balaban J connectivity index is 1.41. The number of hydrogen-bond acceptors (Lipinski definition) is 3. The van der Waals surface area contributed by atoms with Crippen molar-refractivity contribution in [1.82, 2.24) is 19.9 Å². The molecule has 0 saturated heterocycles. The highest BCUT2D eigenvalue weighted by Gasteiger charge is 2.44. The van der Waals surface area contributed by atoms with Crippen LogP contribution in [-0.2, 0) is 5.41 Å². The fraction of sp³-hybridized carbons (Fsp3) is 0.250. The highest BCUT2D eigenvalue weighted by atomic mass is 19.1. The van der Waals surface area contributed by atoms with E-state index in [1.165, 1.54) is 12.1 Å². The van der Waals surface area contributed by atoms with E-state index in [1.54, 1.807) is 30.7 Å². The van der Waals surface area contributed by atoms with E-state index in [2.05, 4.69) is 15.3 Å². The summed E-state index contributed by atoms with van der Waals surface area (Å²) in [5, 5.41) is 2.96. The van der Waals surface area contributed by atoms with E-state index < -0.39 is 0 Å². The minimum absolute atomic E-state index is 0.0718. The minimum Gasteiger partial charge on any atom is -0.350 e. The van der Waals surface area contributed by atoms with Crippen LogP contribution in [0.2, 0.25) is 0 Å². The molecule has 6 heteroatoms. The number of benzene rings is 1. The van der Waals surface area contributed by atoms with Gasteiger partial charge in [0.2, 0.25) is 0 Å². The van der Waals surface area contributed by atoms with E-state index in [0.717, 1.165) is 29.8 Å². The number of imidazole rings is 1. The summed E-state index contributed by atoms with van der Waals surface area (Å²) in [6.45, 7) is 2.45. The number of nitrogens with one attached hydrogen (secondary N) is 1. The number of rotatable bonds is 5. The van der Waals surface area contributed by atoms with Crippen LogP contribution in [0.25, 0.3) is 5.69 Å². The lowest BCUT2D eigenvalue weighted by molar-refractivity contribution is 0.0944. The highest BCUT2D eigenvalue weighted by molar-refractivity contribution is 5.92. The van der Waals surface area contributed by atoms with Crippen LogP contribution in [0.5, 0.6) is 0 Å². The molecule has 5 nitrogen and oxygen atoms in total. The Morgan fingerprint density at radius 1 is 1.19 bits per heavy atom. The predicted octanol–water partition coefficient (Wildman–Crippen LogP) is 3.18. The largest absolute Gasteiger partial charge is 0.350 e. The van der Waals surface area contributed by atoms with Gasteiger partial charge >= 0.3 is 0 Å². The zero-order valence-electron chi connectivity index (χ0n) is 14.4. The van der Waals surface area contributed by atoms with Crippen LogP contribution in [0.1, 0.15) is 34.6 Å². The summed E-state index contributed by atoms with van der Waals surface area (Å²) < 4.78 is 15.0. The first-order chi connectivity index (χ1) is 12.6. The molecular formula is C20H19FN4O. The Labute approximate surface area is 150 Å². The standard InChI is InChI=1S/C20H19FN4O/c1-14-11-25(13-24-14)17-6-7-18(22-10-17)19(26)23-12-20(8-9-20)15-2-4-16(21)5-3-15/h2-7,10-11,13H,8-9,12H2,1H3,(H,23,26). The zero-order chi connectivity index (χ0) is 18.1. The summed E-state index contributed by atoms with van der Waals surface area (Å²) in [6.07, 6.45) is 7.25. The second-order valence-corrected chi connectivity index (χ2v) is 6.79. The Morgan fingerprint density at radius 3 is 2.54 bits per heavy atom. The second kappa shape index (κ2) is 6.37. The van der Waals surface area contributed by atoms with Crippen molar-refractivity contribution < 1.29 is 9.18 Å². The maximum absolute atomic E-state index is 13.1. The number of aryl methyl sites for hydroxylation is 1. The Bertz CT molecular complexity index is 927. The lowest BCUT2D eigenvalue weighted by Gasteiger charge is -2.16. The number of aromatic nitrogens is 3. The van der Waals surface area contributed by atoms with Crippen molar-refractivity contribution in [2.75, 3.05) is 6.54 Å². The molecule has 4 rings (SSSR count). The summed E-state index contributed by atoms with van der Waals surface area (Å²) in [5.74, 6) is -0.447. The van der Waals surface area contributed by atoms with Gasteiger partial charge in [-0.2, -0.15) is 0 Å². The van der Waals surface area contributed by atoms with Gasteiger partial charge in [-0.15, -0.1) is 0 Å². The number of amides is 1. The van der Waals surface area contributed by atoms with Gasteiger partial charge in [-0.25, -0.2) is 14.4 Å². The molecule has 1 aliphatic rings. The van der Waals surface area contributed by atoms with E-state index in [9.17, 15) is 9.18 Å². The van der Waals surface area contributed by atoms with E-state index >= 15 is 0 Å². The molecule has 0 radical (unpaired) electrons. The first-order valence-corrected chi connectivity index (χ1v) is 8.57. The van der Waals surface area contributed by atoms with Gasteiger partial charge in [-0.3, -0.25) is 4.79 Å². The number of carbonyl (C=O) groups is 1. The molecule has 1 aromatic carbocycles. The van der Waals surface area contributed by atoms with Gasteiger partial charge in [0.15, 0.2) is 0 Å². The molecule has 1 aliphatic carbocycles. The second-order valence-electron chi connectivity index (χ2n) is 6.79. The monoisotopic (exact) mass is 350 g/mol. The van der Waals surface area contributed by atoms with Crippen LogP contribution in [0.15, 0.2) is 55.1 Å². The van der Waals surface area contributed by atoms with Crippen LogP contribution < -0.4 is 5.32 Å². The predicted molar refractivity (Wildman–Crippen MR) is 95.7 cm³/mol. The number of nitrogens with zero attached hydrogens (tertiary/aromatic N) is 3. The summed E-state index contributed by atoms with van der Waals surface area (Å²) in [5.41, 5.74) is 3.14. The molecule has 0 aliphatic heterocycles. The molecule has 26 heavy (non-hydrogen) atoms. The molecule has 0 unspecified atom stereocenters. The van der Waals surface area contributed by atoms with E-state index in [-0.39, 0.29) is 17.1 Å². The first kappa shape index (κ1) is 16.4. The number of carbonyl (C=O) groups excluding carboxylic acids is 1. The van der Waals surface area contributed by atoms with Crippen LogP contribution in [0.3, 0.4) is 0 Å². The quantitative estimate of drug-likeness (QED) is 0.769. The van der Waals surface area contributed by atoms with E-state index in [4.69, 9.17) is 0 Å². The lowest BCUT2D eigenvalue weighted by atomic mass is 9.96. The van der Waals surface area contributed by atoms with Crippen molar-refractivity contribution in [3.05, 3.63) is 77.9 Å². The molecule has 3 aromatic rings. The van der Waals surface area contributed by atoms with Crippen molar-refractivity contribution in [1.29, 1.82) is 0 Å². The first-order valence-electron chi connectivity index (χ1n) is 8.57. The van der Waals surface area contributed by atoms with Gasteiger partial charge in [0, 0.05) is 18.2 Å². The lowest BCUT2D eigenvalue weighted by Crippen LogP contribution is -2.32. The topological polar surface area (TPSA) is 59.8 Å². The van der Waals surface area contributed by atoms with E-state index in [1.807, 2.05) is 23.8 Å². The maximum Gasteiger partial charge on any atom is 0.269 e. The van der Waals surface area contributed by atoms with Gasteiger partial charge in [0.1, 0.15) is 11.5 Å². The van der Waals surface area contributed by atoms with E-state index in [0.29, 0.717) is 12.2 Å². The average Bonchev–Trinajstić information content (AvgIpc) is 3.33. The van der Waals surface area contributed by atoms with Crippen molar-refractivity contribution in [2.45, 2.75) is 25.2 Å². The Kier molecular flexibility index (Phi) is 4.03. The third-order valence-electron chi connectivity index (χ3n) is 4.89. The third-order valence-corrected chi connectivity index (χ3v) is 4.89. The zero-order valence-corrected chi connectivity index (χ0v) is 14.4. The van der Waals surface area contributed by atoms with Crippen molar-refractivity contribution in [3.8, 4) is 5.69 Å². The molecule has 1 N–H and O–H groups in total. The summed E-state index contributed by atoms with van der Waals surface area (Å²) >= 11 is 0. The fourth-order valence-electron chi connectivity index (χ4n) is 3.10. The summed E-state index contributed by atoms with van der Waals surface area (Å²) in [4.78, 5) is 20.8. The molecular weight excluding hydrogens is 331 g/mol. The van der Waals surface area contributed by atoms with Gasteiger partial charge in [-0.05, 0) is 49.6 Å². The van der Waals surface area contributed by atoms with Crippen LogP contribution >= 0.6 is 0 Å². The van der Waals surface area contributed by atoms with Gasteiger partial charge in [-0.1, -0.05) is 12.1 Å². The molecule has 0 spiro atoms. The van der Waals surface area contributed by atoms with Crippen molar-refractivity contribution in [2.24, 2.45) is 0 Å². The molecule has 2 aromatic heterocycles. The maximum atomic E-state index is 13.1. The third kappa shape index (κ3) is 3.22. The molecule has 2 heterocycles. The minimum atomic E-state index is -0.244. The molecule has 1 amide bonds. The summed E-state index contributed by atoms with van der Waals surface area (Å²) in [6, 6.07) is 10.1. The van der Waals surface area contributed by atoms with Crippen molar-refractivity contribution >= 4 is 5.91 Å². The van der Waals surface area contributed by atoms with Gasteiger partial charge < -0.3 is 9.88 Å². The SMILES string of the molecule is Cc1cn(-c2ccc(C(=O)NCC3(c4ccc(F)cc4)CC3)nc2)cn1. The van der Waals surface area contributed by atoms with Gasteiger partial charge in [0.05, 0.1) is 23.9 Å². The molecule has 1 fully saturated rings. The fourth-order valence-corrected chi connectivity index (χ4v) is 3.10. The highest BCUT2D eigenvalue weighted by Crippen LogP contribution is 2.47. The normalized spacial score (nSPS) is 14.8. The Morgan fingerprint density at radius 2 is 1.96 bits per heavy atom. The smallest absolute Gasteiger partial charge is 0.269 e. The number of pyridine rings is 1. The summed E-state index contributed by atoms with van der Waals surface area (Å²) in [7, 11) is 0. The average molecular weight is 350 g/mol. The molecule has 1 saturated carbocycles. The van der Waals surface area contributed by atoms with Crippen LogP contribution in [0.4, 0.5) is 4.39 Å². The molecule has 0 atom stereocenters. The number of halogens is 1. The molecule has 132 valence electrons. The van der Waals surface area contributed by atoms with Gasteiger partial charge in [0.25, 0.3) is 5.91 Å². The van der Waals surface area contributed by atoms with Crippen molar-refractivity contribution in [3.63, 3.8) is 0 Å². The van der Waals surface area contributed by atoms with Crippen LogP contribution in [0, 0.1) is 12.7 Å².